The summed E-state index contributed by atoms with van der Waals surface area (Å²) in [7, 11) is 0. The van der Waals surface area contributed by atoms with Crippen molar-refractivity contribution in [2.45, 2.75) is 71.3 Å². The van der Waals surface area contributed by atoms with Gasteiger partial charge in [0.05, 0.1) is 6.10 Å². The summed E-state index contributed by atoms with van der Waals surface area (Å²) in [5, 5.41) is 10.1. The number of rotatable bonds is 1. The van der Waals surface area contributed by atoms with Crippen LogP contribution in [0.5, 0.6) is 0 Å². The molecule has 2 unspecified atom stereocenters. The first kappa shape index (κ1) is 17.0. The van der Waals surface area contributed by atoms with Crippen LogP contribution in [0, 0.1) is 34.5 Å². The highest BCUT2D eigenvalue weighted by molar-refractivity contribution is 5.85. The van der Waals surface area contributed by atoms with Crippen molar-refractivity contribution in [2.75, 3.05) is 6.61 Å². The van der Waals surface area contributed by atoms with Gasteiger partial charge in [-0.05, 0) is 91.4 Å². The molecular weight excluding hydrogens is 324 g/mol. The number of ether oxygens (including phenoxy) is 1. The molecule has 5 aliphatic rings. The van der Waals surface area contributed by atoms with Gasteiger partial charge in [0.2, 0.25) is 0 Å². The highest BCUT2D eigenvalue weighted by Gasteiger charge is 2.59. The fourth-order valence-electron chi connectivity index (χ4n) is 7.84. The third kappa shape index (κ3) is 2.25. The Morgan fingerprint density at radius 3 is 2.73 bits per heavy atom. The molecule has 1 aliphatic heterocycles. The summed E-state index contributed by atoms with van der Waals surface area (Å²) >= 11 is 0. The maximum absolute atomic E-state index is 11.6. The van der Waals surface area contributed by atoms with Gasteiger partial charge in [-0.1, -0.05) is 25.5 Å². The van der Waals surface area contributed by atoms with Gasteiger partial charge >= 0.3 is 5.97 Å². The average molecular weight is 357 g/mol. The van der Waals surface area contributed by atoms with E-state index in [4.69, 9.17) is 4.74 Å². The molecule has 3 saturated carbocycles. The van der Waals surface area contributed by atoms with E-state index in [1.807, 2.05) is 0 Å². The number of esters is 1. The Hall–Kier alpha value is -1.09. The van der Waals surface area contributed by atoms with E-state index in [9.17, 15) is 9.90 Å². The largest absolute Gasteiger partial charge is 0.458 e. The van der Waals surface area contributed by atoms with Crippen LogP contribution < -0.4 is 0 Å². The first-order valence-electron chi connectivity index (χ1n) is 10.7. The van der Waals surface area contributed by atoms with Gasteiger partial charge in [0.25, 0.3) is 0 Å². The Bertz CT molecular complexity index is 692. The van der Waals surface area contributed by atoms with Crippen molar-refractivity contribution in [1.29, 1.82) is 0 Å². The molecule has 3 nitrogen and oxygen atoms in total. The van der Waals surface area contributed by atoms with Crippen LogP contribution in [-0.2, 0) is 9.53 Å². The van der Waals surface area contributed by atoms with Crippen molar-refractivity contribution in [3.05, 3.63) is 23.3 Å². The van der Waals surface area contributed by atoms with E-state index in [1.54, 1.807) is 11.6 Å². The van der Waals surface area contributed by atoms with E-state index in [0.29, 0.717) is 23.4 Å². The third-order valence-electron chi connectivity index (χ3n) is 9.21. The van der Waals surface area contributed by atoms with Crippen molar-refractivity contribution in [3.63, 3.8) is 0 Å². The first-order valence-corrected chi connectivity index (χ1v) is 10.7. The van der Waals surface area contributed by atoms with Crippen LogP contribution in [0.2, 0.25) is 0 Å². The second-order valence-electron chi connectivity index (χ2n) is 10.2. The Kier molecular flexibility index (Phi) is 3.74. The molecule has 7 atom stereocenters. The van der Waals surface area contributed by atoms with Crippen molar-refractivity contribution in [3.8, 4) is 0 Å². The summed E-state index contributed by atoms with van der Waals surface area (Å²) in [5.41, 5.74) is 3.45. The first-order chi connectivity index (χ1) is 12.4. The minimum atomic E-state index is -0.140. The van der Waals surface area contributed by atoms with Crippen LogP contribution in [-0.4, -0.2) is 23.8 Å². The SMILES string of the molecule is C[C@]12CCC(O)CC1=CC[C@@H]1[C@@H]2CC[C@]2(C)C(C3=CC(=O)OC3)CC[C@@H]12. The van der Waals surface area contributed by atoms with Crippen molar-refractivity contribution >= 4 is 5.97 Å². The van der Waals surface area contributed by atoms with Gasteiger partial charge in [0.15, 0.2) is 0 Å². The molecule has 0 amide bonds. The monoisotopic (exact) mass is 356 g/mol. The normalized spacial score (nSPS) is 50.3. The smallest absolute Gasteiger partial charge is 0.331 e. The molecule has 142 valence electrons. The Balaban J connectivity index is 1.45. The molecule has 0 aromatic heterocycles. The van der Waals surface area contributed by atoms with E-state index >= 15 is 0 Å². The molecule has 1 heterocycles. The molecule has 3 fully saturated rings. The minimum Gasteiger partial charge on any atom is -0.458 e. The van der Waals surface area contributed by atoms with Gasteiger partial charge in [-0.2, -0.15) is 0 Å². The minimum absolute atomic E-state index is 0.123. The summed E-state index contributed by atoms with van der Waals surface area (Å²) < 4.78 is 5.24. The van der Waals surface area contributed by atoms with E-state index in [1.165, 1.54) is 37.7 Å². The lowest BCUT2D eigenvalue weighted by molar-refractivity contribution is -0.135. The maximum Gasteiger partial charge on any atom is 0.331 e. The van der Waals surface area contributed by atoms with Crippen LogP contribution in [0.3, 0.4) is 0 Å². The van der Waals surface area contributed by atoms with Crippen molar-refractivity contribution in [2.24, 2.45) is 34.5 Å². The number of carbonyl (C=O) groups is 1. The number of aliphatic hydroxyl groups excluding tert-OH is 1. The highest BCUT2D eigenvalue weighted by atomic mass is 16.5. The second kappa shape index (κ2) is 5.70. The molecule has 0 spiro atoms. The zero-order valence-electron chi connectivity index (χ0n) is 16.2. The lowest BCUT2D eigenvalue weighted by atomic mass is 9.47. The Morgan fingerprint density at radius 2 is 1.96 bits per heavy atom. The fraction of sp³-hybridized carbons (Fsp3) is 0.783. The molecule has 4 aliphatic carbocycles. The fourth-order valence-corrected chi connectivity index (χ4v) is 7.84. The number of cyclic esters (lactones) is 1. The van der Waals surface area contributed by atoms with Gasteiger partial charge in [-0.25, -0.2) is 4.79 Å². The van der Waals surface area contributed by atoms with Gasteiger partial charge < -0.3 is 9.84 Å². The molecular formula is C23H32O3. The second-order valence-corrected chi connectivity index (χ2v) is 10.2. The Labute approximate surface area is 156 Å². The molecule has 1 N–H and O–H groups in total. The average Bonchev–Trinajstić information content (AvgIpc) is 3.18. The lowest BCUT2D eigenvalue weighted by Crippen LogP contribution is -2.50. The van der Waals surface area contributed by atoms with E-state index in [0.717, 1.165) is 37.0 Å². The van der Waals surface area contributed by atoms with Crippen LogP contribution in [0.25, 0.3) is 0 Å². The van der Waals surface area contributed by atoms with Crippen LogP contribution in [0.4, 0.5) is 0 Å². The van der Waals surface area contributed by atoms with Crippen LogP contribution in [0.15, 0.2) is 23.3 Å². The van der Waals surface area contributed by atoms with Gasteiger partial charge in [0, 0.05) is 6.08 Å². The van der Waals surface area contributed by atoms with E-state index < -0.39 is 0 Å². The molecule has 26 heavy (non-hydrogen) atoms. The van der Waals surface area contributed by atoms with Gasteiger partial charge in [-0.3, -0.25) is 0 Å². The molecule has 0 aromatic carbocycles. The summed E-state index contributed by atoms with van der Waals surface area (Å²) in [6.07, 6.45) is 13.5. The number of hydrogen-bond donors (Lipinski definition) is 1. The lowest BCUT2D eigenvalue weighted by Gasteiger charge is -2.58. The topological polar surface area (TPSA) is 46.5 Å². The number of carbonyl (C=O) groups excluding carboxylic acids is 1. The molecule has 0 radical (unpaired) electrons. The van der Waals surface area contributed by atoms with Gasteiger partial charge in [0.1, 0.15) is 6.61 Å². The predicted octanol–water partition coefficient (Wildman–Crippen LogP) is 4.41. The predicted molar refractivity (Wildman–Crippen MR) is 100 cm³/mol. The summed E-state index contributed by atoms with van der Waals surface area (Å²) in [4.78, 5) is 11.6. The molecule has 5 rings (SSSR count). The van der Waals surface area contributed by atoms with E-state index in [-0.39, 0.29) is 12.1 Å². The summed E-state index contributed by atoms with van der Waals surface area (Å²) in [6, 6.07) is 0. The van der Waals surface area contributed by atoms with Gasteiger partial charge in [-0.15, -0.1) is 0 Å². The molecule has 0 bridgehead atoms. The third-order valence-corrected chi connectivity index (χ3v) is 9.21. The number of allylic oxidation sites excluding steroid dienone is 1. The Morgan fingerprint density at radius 1 is 1.12 bits per heavy atom. The highest BCUT2D eigenvalue weighted by Crippen LogP contribution is 2.67. The number of hydrogen-bond acceptors (Lipinski definition) is 3. The zero-order valence-corrected chi connectivity index (χ0v) is 16.2. The van der Waals surface area contributed by atoms with Crippen LogP contribution in [0.1, 0.15) is 65.2 Å². The molecule has 3 heteroatoms. The molecule has 0 aromatic rings. The summed E-state index contributed by atoms with van der Waals surface area (Å²) in [6.45, 7) is 5.52. The maximum atomic E-state index is 11.6. The summed E-state index contributed by atoms with van der Waals surface area (Å²) in [5.74, 6) is 2.72. The number of aliphatic hydroxyl groups is 1. The number of fused-ring (bicyclic) bond motifs is 5. The quantitative estimate of drug-likeness (QED) is 0.559. The molecule has 0 saturated heterocycles. The van der Waals surface area contributed by atoms with E-state index in [2.05, 4.69) is 19.9 Å². The van der Waals surface area contributed by atoms with Crippen molar-refractivity contribution < 1.29 is 14.6 Å². The van der Waals surface area contributed by atoms with Crippen LogP contribution >= 0.6 is 0 Å². The zero-order chi connectivity index (χ0) is 18.1. The standard InChI is InChI=1S/C23H32O3/c1-22-9-7-16(24)12-15(22)3-4-17-19-6-5-18(14-11-21(25)26-13-14)23(19,2)10-8-20(17)22/h3,11,16-20,24H,4-10,12-13H2,1-2H3/t16?,17-,18?,19-,20-,22-,23+/m0/s1. The van der Waals surface area contributed by atoms with Crippen molar-refractivity contribution in [1.82, 2.24) is 0 Å².